The van der Waals surface area contributed by atoms with Gasteiger partial charge in [0.2, 0.25) is 5.82 Å². The third kappa shape index (κ3) is 2.92. The highest BCUT2D eigenvalue weighted by atomic mass is 16.6. The fourth-order valence-corrected chi connectivity index (χ4v) is 2.70. The molecule has 126 valence electrons. The first kappa shape index (κ1) is 15.9. The summed E-state index contributed by atoms with van der Waals surface area (Å²) in [6.07, 6.45) is 0.523. The molecule has 2 aromatic rings. The summed E-state index contributed by atoms with van der Waals surface area (Å²) >= 11 is 0. The number of carbonyl (C=O) groups excluding carboxylic acids is 1. The van der Waals surface area contributed by atoms with Crippen LogP contribution in [0.5, 0.6) is 0 Å². The predicted octanol–water partition coefficient (Wildman–Crippen LogP) is 1.23. The summed E-state index contributed by atoms with van der Waals surface area (Å²) in [7, 11) is 1.73. The number of benzene rings is 1. The Hall–Kier alpha value is -2.97. The highest BCUT2D eigenvalue weighted by Gasteiger charge is 2.26. The smallest absolute Gasteiger partial charge is 0.292 e. The molecule has 1 N–H and O–H groups in total. The van der Waals surface area contributed by atoms with Crippen molar-refractivity contribution in [2.45, 2.75) is 19.9 Å². The van der Waals surface area contributed by atoms with Gasteiger partial charge in [-0.15, -0.1) is 10.2 Å². The fourth-order valence-electron chi connectivity index (χ4n) is 2.70. The van der Waals surface area contributed by atoms with Gasteiger partial charge in [-0.3, -0.25) is 14.9 Å². The van der Waals surface area contributed by atoms with Crippen molar-refractivity contribution in [1.29, 1.82) is 0 Å². The van der Waals surface area contributed by atoms with Crippen LogP contribution in [-0.2, 0) is 13.0 Å². The second-order valence-corrected chi connectivity index (χ2v) is 5.77. The molecule has 1 aliphatic heterocycles. The molecule has 1 aromatic carbocycles. The Bertz CT molecular complexity index is 801. The van der Waals surface area contributed by atoms with Crippen LogP contribution in [0.4, 0.5) is 11.4 Å². The van der Waals surface area contributed by atoms with Crippen LogP contribution in [-0.4, -0.2) is 50.6 Å². The maximum Gasteiger partial charge on any atom is 0.292 e. The Labute approximate surface area is 138 Å². The number of aromatic nitrogens is 3. The highest BCUT2D eigenvalue weighted by Crippen LogP contribution is 2.25. The number of carbonyl (C=O) groups is 1. The molecule has 1 aromatic heterocycles. The highest BCUT2D eigenvalue weighted by molar-refractivity contribution is 5.91. The van der Waals surface area contributed by atoms with Gasteiger partial charge in [0.1, 0.15) is 11.5 Å². The minimum Gasteiger partial charge on any atom is -0.379 e. The number of amides is 1. The van der Waals surface area contributed by atoms with E-state index in [1.807, 2.05) is 11.5 Å². The van der Waals surface area contributed by atoms with Gasteiger partial charge in [-0.1, -0.05) is 6.07 Å². The molecule has 0 fully saturated rings. The zero-order chi connectivity index (χ0) is 17.3. The van der Waals surface area contributed by atoms with Crippen molar-refractivity contribution in [3.05, 3.63) is 45.5 Å². The van der Waals surface area contributed by atoms with Crippen LogP contribution in [0.15, 0.2) is 18.2 Å². The van der Waals surface area contributed by atoms with Crippen molar-refractivity contribution in [3.63, 3.8) is 0 Å². The number of nitro groups is 1. The van der Waals surface area contributed by atoms with Gasteiger partial charge < -0.3 is 14.8 Å². The molecule has 1 aliphatic rings. The zero-order valence-corrected chi connectivity index (χ0v) is 13.5. The van der Waals surface area contributed by atoms with Crippen LogP contribution in [0, 0.1) is 17.0 Å². The van der Waals surface area contributed by atoms with Gasteiger partial charge >= 0.3 is 0 Å². The average molecular weight is 330 g/mol. The number of anilines is 1. The number of likely N-dealkylation sites (N-methyl/N-ethyl adjacent to an activating group) is 1. The van der Waals surface area contributed by atoms with Crippen LogP contribution in [0.1, 0.15) is 22.0 Å². The lowest BCUT2D eigenvalue weighted by molar-refractivity contribution is -0.384. The number of nitrogens with one attached hydrogen (secondary N) is 1. The van der Waals surface area contributed by atoms with Gasteiger partial charge in [0, 0.05) is 39.2 Å². The van der Waals surface area contributed by atoms with Gasteiger partial charge in [-0.2, -0.15) is 0 Å². The van der Waals surface area contributed by atoms with E-state index < -0.39 is 4.92 Å². The van der Waals surface area contributed by atoms with Crippen LogP contribution in [0.2, 0.25) is 0 Å². The Morgan fingerprint density at radius 1 is 1.33 bits per heavy atom. The van der Waals surface area contributed by atoms with Crippen molar-refractivity contribution >= 4 is 17.3 Å². The van der Waals surface area contributed by atoms with Crippen LogP contribution < -0.4 is 5.32 Å². The van der Waals surface area contributed by atoms with E-state index in [2.05, 4.69) is 15.5 Å². The quantitative estimate of drug-likeness (QED) is 0.653. The first-order valence-corrected chi connectivity index (χ1v) is 7.64. The number of hydrogen-bond donors (Lipinski definition) is 1. The van der Waals surface area contributed by atoms with E-state index in [1.165, 1.54) is 6.07 Å². The average Bonchev–Trinajstić information content (AvgIpc) is 2.94. The van der Waals surface area contributed by atoms with E-state index in [4.69, 9.17) is 0 Å². The monoisotopic (exact) mass is 330 g/mol. The van der Waals surface area contributed by atoms with E-state index in [-0.39, 0.29) is 11.6 Å². The van der Waals surface area contributed by atoms with Gasteiger partial charge in [-0.25, -0.2) is 0 Å². The van der Waals surface area contributed by atoms with E-state index in [1.54, 1.807) is 24.1 Å². The minimum absolute atomic E-state index is 0.0423. The number of nitro benzene ring substituents is 1. The molecule has 0 bridgehead atoms. The fraction of sp³-hybridized carbons (Fsp3) is 0.400. The van der Waals surface area contributed by atoms with Crippen molar-refractivity contribution < 1.29 is 9.72 Å². The summed E-state index contributed by atoms with van der Waals surface area (Å²) in [5.74, 6) is 0.914. The maximum atomic E-state index is 12.0. The molecule has 0 radical (unpaired) electrons. The predicted molar refractivity (Wildman–Crippen MR) is 87.0 cm³/mol. The summed E-state index contributed by atoms with van der Waals surface area (Å²) in [4.78, 5) is 24.3. The van der Waals surface area contributed by atoms with Gasteiger partial charge in [0.25, 0.3) is 11.6 Å². The third-order valence-corrected chi connectivity index (χ3v) is 4.04. The third-order valence-electron chi connectivity index (χ3n) is 4.04. The zero-order valence-electron chi connectivity index (χ0n) is 13.5. The lowest BCUT2D eigenvalue weighted by atomic mass is 10.2. The molecule has 9 nitrogen and oxygen atoms in total. The Kier molecular flexibility index (Phi) is 4.15. The van der Waals surface area contributed by atoms with Crippen molar-refractivity contribution in [2.24, 2.45) is 0 Å². The Balaban J connectivity index is 1.70. The summed E-state index contributed by atoms with van der Waals surface area (Å²) in [6.45, 7) is 3.62. The maximum absolute atomic E-state index is 12.0. The standard InChI is InChI=1S/C15H18N6O3/c1-10-3-4-12(21(23)24)11(9-10)16-6-5-13-17-18-14-15(22)19(2)7-8-20(13)14/h3-4,9,16H,5-8H2,1-2H3. The molecule has 0 aliphatic carbocycles. The topological polar surface area (TPSA) is 106 Å². The lowest BCUT2D eigenvalue weighted by Crippen LogP contribution is -2.38. The summed E-state index contributed by atoms with van der Waals surface area (Å²) in [5, 5.41) is 22.2. The molecular weight excluding hydrogens is 312 g/mol. The summed E-state index contributed by atoms with van der Waals surface area (Å²) in [6, 6.07) is 4.95. The Morgan fingerprint density at radius 2 is 2.12 bits per heavy atom. The molecule has 9 heteroatoms. The number of aryl methyl sites for hydroxylation is 1. The summed E-state index contributed by atoms with van der Waals surface area (Å²) < 4.78 is 1.81. The van der Waals surface area contributed by atoms with Crippen LogP contribution in [0.25, 0.3) is 0 Å². The molecule has 0 saturated carbocycles. The molecule has 3 rings (SSSR count). The van der Waals surface area contributed by atoms with Crippen molar-refractivity contribution in [3.8, 4) is 0 Å². The normalized spacial score (nSPS) is 13.8. The first-order valence-electron chi connectivity index (χ1n) is 7.64. The van der Waals surface area contributed by atoms with Crippen LogP contribution in [0.3, 0.4) is 0 Å². The van der Waals surface area contributed by atoms with E-state index in [9.17, 15) is 14.9 Å². The van der Waals surface area contributed by atoms with Crippen molar-refractivity contribution in [1.82, 2.24) is 19.7 Å². The molecule has 1 amide bonds. The first-order chi connectivity index (χ1) is 11.5. The largest absolute Gasteiger partial charge is 0.379 e. The van der Waals surface area contributed by atoms with E-state index in [0.29, 0.717) is 43.4 Å². The molecule has 0 unspecified atom stereocenters. The number of hydrogen-bond acceptors (Lipinski definition) is 6. The SMILES string of the molecule is Cc1ccc([N+](=O)[O-])c(NCCc2nnc3n2CCN(C)C3=O)c1. The minimum atomic E-state index is -0.408. The number of fused-ring (bicyclic) bond motifs is 1. The van der Waals surface area contributed by atoms with Crippen LogP contribution >= 0.6 is 0 Å². The molecule has 2 heterocycles. The van der Waals surface area contributed by atoms with Gasteiger partial charge in [0.15, 0.2) is 0 Å². The number of nitrogens with zero attached hydrogens (tertiary/aromatic N) is 5. The molecule has 0 spiro atoms. The molecule has 24 heavy (non-hydrogen) atoms. The molecule has 0 atom stereocenters. The Morgan fingerprint density at radius 3 is 2.88 bits per heavy atom. The molecular formula is C15H18N6O3. The van der Waals surface area contributed by atoms with Gasteiger partial charge in [0.05, 0.1) is 4.92 Å². The van der Waals surface area contributed by atoms with Gasteiger partial charge in [-0.05, 0) is 18.6 Å². The summed E-state index contributed by atoms with van der Waals surface area (Å²) in [5.41, 5.74) is 1.46. The van der Waals surface area contributed by atoms with E-state index in [0.717, 1.165) is 5.56 Å². The van der Waals surface area contributed by atoms with Crippen molar-refractivity contribution in [2.75, 3.05) is 25.5 Å². The van der Waals surface area contributed by atoms with E-state index >= 15 is 0 Å². The number of rotatable bonds is 5. The lowest BCUT2D eigenvalue weighted by Gasteiger charge is -2.23. The second kappa shape index (κ2) is 6.26. The second-order valence-electron chi connectivity index (χ2n) is 5.77. The molecule has 0 saturated heterocycles.